The highest BCUT2D eigenvalue weighted by Gasteiger charge is 2.28. The van der Waals surface area contributed by atoms with Crippen LogP contribution in [0, 0.1) is 5.82 Å². The van der Waals surface area contributed by atoms with E-state index >= 15 is 0 Å². The molecule has 2 atom stereocenters. The lowest BCUT2D eigenvalue weighted by atomic mass is 9.93. The van der Waals surface area contributed by atoms with Crippen molar-refractivity contribution in [3.8, 4) is 5.75 Å². The molecule has 0 bridgehead atoms. The van der Waals surface area contributed by atoms with Gasteiger partial charge in [0.15, 0.2) is 0 Å². The van der Waals surface area contributed by atoms with Gasteiger partial charge in [-0.3, -0.25) is 0 Å². The van der Waals surface area contributed by atoms with Crippen molar-refractivity contribution in [1.29, 1.82) is 0 Å². The standard InChI is InChI=1S/C16H15BrFNO/c1-19-14-9-15(10-3-2-4-11(17)7-10)20-16-8-12(18)5-6-13(14)16/h2-8,14-15,19H,9H2,1H3. The quantitative estimate of drug-likeness (QED) is 0.879. The predicted octanol–water partition coefficient (Wildman–Crippen LogP) is 4.37. The molecule has 1 aliphatic rings. The molecule has 0 amide bonds. The molecule has 0 spiro atoms. The van der Waals surface area contributed by atoms with E-state index in [9.17, 15) is 4.39 Å². The van der Waals surface area contributed by atoms with Gasteiger partial charge in [-0.15, -0.1) is 0 Å². The van der Waals surface area contributed by atoms with Gasteiger partial charge in [0, 0.05) is 28.6 Å². The van der Waals surface area contributed by atoms with Crippen molar-refractivity contribution in [2.45, 2.75) is 18.6 Å². The van der Waals surface area contributed by atoms with Crippen molar-refractivity contribution in [3.63, 3.8) is 0 Å². The number of hydrogen-bond acceptors (Lipinski definition) is 2. The van der Waals surface area contributed by atoms with Crippen molar-refractivity contribution < 1.29 is 9.13 Å². The topological polar surface area (TPSA) is 21.3 Å². The van der Waals surface area contributed by atoms with Crippen molar-refractivity contribution >= 4 is 15.9 Å². The van der Waals surface area contributed by atoms with Crippen LogP contribution in [0.25, 0.3) is 0 Å². The van der Waals surface area contributed by atoms with Crippen LogP contribution in [-0.2, 0) is 0 Å². The van der Waals surface area contributed by atoms with E-state index in [0.29, 0.717) is 5.75 Å². The third-order valence-electron chi connectivity index (χ3n) is 3.64. The molecule has 3 rings (SSSR count). The number of halogens is 2. The number of benzene rings is 2. The number of ether oxygens (including phenoxy) is 1. The minimum Gasteiger partial charge on any atom is -0.485 e. The Kier molecular flexibility index (Phi) is 3.76. The molecule has 104 valence electrons. The summed E-state index contributed by atoms with van der Waals surface area (Å²) in [5.74, 6) is 0.356. The minimum absolute atomic E-state index is 0.0701. The molecular formula is C16H15BrFNO. The molecule has 2 unspecified atom stereocenters. The first kappa shape index (κ1) is 13.6. The monoisotopic (exact) mass is 335 g/mol. The summed E-state index contributed by atoms with van der Waals surface area (Å²) in [7, 11) is 1.92. The SMILES string of the molecule is CNC1CC(c2cccc(Br)c2)Oc2cc(F)ccc21. The van der Waals surface area contributed by atoms with Gasteiger partial charge in [-0.1, -0.05) is 34.1 Å². The van der Waals surface area contributed by atoms with E-state index in [1.54, 1.807) is 6.07 Å². The molecule has 2 aromatic rings. The van der Waals surface area contributed by atoms with Gasteiger partial charge in [0.05, 0.1) is 0 Å². The summed E-state index contributed by atoms with van der Waals surface area (Å²) in [5.41, 5.74) is 2.11. The van der Waals surface area contributed by atoms with Gasteiger partial charge in [0.2, 0.25) is 0 Å². The number of rotatable bonds is 2. The van der Waals surface area contributed by atoms with Crippen LogP contribution >= 0.6 is 15.9 Å². The Labute approximate surface area is 126 Å². The summed E-state index contributed by atoms with van der Waals surface area (Å²) in [5, 5.41) is 3.28. The van der Waals surface area contributed by atoms with Crippen LogP contribution in [0.5, 0.6) is 5.75 Å². The molecule has 0 aromatic heterocycles. The number of fused-ring (bicyclic) bond motifs is 1. The summed E-state index contributed by atoms with van der Waals surface area (Å²) < 4.78 is 20.4. The summed E-state index contributed by atoms with van der Waals surface area (Å²) in [6.45, 7) is 0. The zero-order chi connectivity index (χ0) is 14.1. The third-order valence-corrected chi connectivity index (χ3v) is 4.13. The molecule has 0 fully saturated rings. The Balaban J connectivity index is 1.97. The van der Waals surface area contributed by atoms with Gasteiger partial charge in [-0.25, -0.2) is 4.39 Å². The Hall–Kier alpha value is -1.39. The smallest absolute Gasteiger partial charge is 0.127 e. The van der Waals surface area contributed by atoms with E-state index in [1.807, 2.05) is 31.3 Å². The average Bonchev–Trinajstić information content (AvgIpc) is 2.45. The summed E-state index contributed by atoms with van der Waals surface area (Å²) >= 11 is 3.47. The molecular weight excluding hydrogens is 321 g/mol. The highest BCUT2D eigenvalue weighted by molar-refractivity contribution is 9.10. The first-order valence-corrected chi connectivity index (χ1v) is 7.35. The van der Waals surface area contributed by atoms with Crippen molar-refractivity contribution in [2.24, 2.45) is 0 Å². The van der Waals surface area contributed by atoms with Crippen LogP contribution in [0.3, 0.4) is 0 Å². The maximum atomic E-state index is 13.4. The zero-order valence-corrected chi connectivity index (χ0v) is 12.7. The molecule has 4 heteroatoms. The molecule has 0 aliphatic carbocycles. The number of nitrogens with one attached hydrogen (secondary N) is 1. The summed E-state index contributed by atoms with van der Waals surface area (Å²) in [6.07, 6.45) is 0.755. The fourth-order valence-corrected chi connectivity index (χ4v) is 3.04. The predicted molar refractivity (Wildman–Crippen MR) is 80.3 cm³/mol. The highest BCUT2D eigenvalue weighted by atomic mass is 79.9. The van der Waals surface area contributed by atoms with Crippen molar-refractivity contribution in [3.05, 3.63) is 63.9 Å². The first-order chi connectivity index (χ1) is 9.67. The molecule has 0 radical (unpaired) electrons. The van der Waals surface area contributed by atoms with Crippen molar-refractivity contribution in [1.82, 2.24) is 5.32 Å². The Morgan fingerprint density at radius 1 is 1.25 bits per heavy atom. The second-order valence-electron chi connectivity index (χ2n) is 4.92. The molecule has 2 aromatic carbocycles. The van der Waals surface area contributed by atoms with Crippen LogP contribution in [0.15, 0.2) is 46.9 Å². The van der Waals surface area contributed by atoms with Gasteiger partial charge in [-0.2, -0.15) is 0 Å². The lowest BCUT2D eigenvalue weighted by Crippen LogP contribution is -2.26. The van der Waals surface area contributed by atoms with Crippen LogP contribution in [-0.4, -0.2) is 7.05 Å². The van der Waals surface area contributed by atoms with Crippen molar-refractivity contribution in [2.75, 3.05) is 7.05 Å². The second-order valence-corrected chi connectivity index (χ2v) is 5.84. The van der Waals surface area contributed by atoms with Crippen LogP contribution < -0.4 is 10.1 Å². The molecule has 0 saturated heterocycles. The van der Waals surface area contributed by atoms with E-state index in [0.717, 1.165) is 22.0 Å². The van der Waals surface area contributed by atoms with Gasteiger partial charge in [0.25, 0.3) is 0 Å². The van der Waals surface area contributed by atoms with Gasteiger partial charge in [-0.05, 0) is 30.8 Å². The van der Waals surface area contributed by atoms with E-state index in [4.69, 9.17) is 4.74 Å². The Bertz CT molecular complexity index is 632. The normalized spacial score (nSPS) is 21.1. The first-order valence-electron chi connectivity index (χ1n) is 6.56. The van der Waals surface area contributed by atoms with Gasteiger partial charge in [0.1, 0.15) is 17.7 Å². The molecule has 1 aliphatic heterocycles. The van der Waals surface area contributed by atoms with Crippen LogP contribution in [0.4, 0.5) is 4.39 Å². The zero-order valence-electron chi connectivity index (χ0n) is 11.1. The summed E-state index contributed by atoms with van der Waals surface area (Å²) in [6, 6.07) is 12.9. The maximum absolute atomic E-state index is 13.4. The largest absolute Gasteiger partial charge is 0.485 e. The third kappa shape index (κ3) is 2.58. The highest BCUT2D eigenvalue weighted by Crippen LogP contribution is 2.41. The van der Waals surface area contributed by atoms with E-state index in [-0.39, 0.29) is 18.0 Å². The molecule has 1 heterocycles. The minimum atomic E-state index is -0.270. The lowest BCUT2D eigenvalue weighted by molar-refractivity contribution is 0.153. The lowest BCUT2D eigenvalue weighted by Gasteiger charge is -2.32. The second kappa shape index (κ2) is 5.54. The van der Waals surface area contributed by atoms with Gasteiger partial charge < -0.3 is 10.1 Å². The van der Waals surface area contributed by atoms with Gasteiger partial charge >= 0.3 is 0 Å². The van der Waals surface area contributed by atoms with Crippen LogP contribution in [0.2, 0.25) is 0 Å². The maximum Gasteiger partial charge on any atom is 0.127 e. The van der Waals surface area contributed by atoms with E-state index in [2.05, 4.69) is 21.2 Å². The fraction of sp³-hybridized carbons (Fsp3) is 0.250. The van der Waals surface area contributed by atoms with E-state index in [1.165, 1.54) is 12.1 Å². The fourth-order valence-electron chi connectivity index (χ4n) is 2.62. The molecule has 0 saturated carbocycles. The molecule has 1 N–H and O–H groups in total. The Morgan fingerprint density at radius 3 is 2.85 bits per heavy atom. The van der Waals surface area contributed by atoms with Crippen LogP contribution in [0.1, 0.15) is 29.7 Å². The molecule has 2 nitrogen and oxygen atoms in total. The Morgan fingerprint density at radius 2 is 2.10 bits per heavy atom. The average molecular weight is 336 g/mol. The summed E-state index contributed by atoms with van der Waals surface area (Å²) in [4.78, 5) is 0. The van der Waals surface area contributed by atoms with E-state index < -0.39 is 0 Å². The number of hydrogen-bond donors (Lipinski definition) is 1. The molecule has 20 heavy (non-hydrogen) atoms.